The Morgan fingerprint density at radius 3 is 2.83 bits per heavy atom. The number of para-hydroxylation sites is 1. The third-order valence-corrected chi connectivity index (χ3v) is 1.91. The van der Waals surface area contributed by atoms with Crippen LogP contribution in [0.25, 0.3) is 10.9 Å². The number of hydrogen-bond donors (Lipinski definition) is 1. The normalized spacial score (nSPS) is 10.4. The van der Waals surface area contributed by atoms with Gasteiger partial charge in [-0.25, -0.2) is 4.98 Å². The Balaban J connectivity index is 2.88. The number of H-pyrrole nitrogens is 1. The lowest BCUT2D eigenvalue weighted by Crippen LogP contribution is -2.07. The molecule has 0 atom stereocenters. The first-order valence-corrected chi connectivity index (χ1v) is 3.88. The summed E-state index contributed by atoms with van der Waals surface area (Å²) in [6, 6.07) is 9.45. The summed E-state index contributed by atoms with van der Waals surface area (Å²) in [6.07, 6.45) is 0. The van der Waals surface area contributed by atoms with Crippen LogP contribution >= 0.6 is 0 Å². The topological polar surface area (TPSA) is 34.4 Å². The maximum atomic E-state index is 9.46. The number of fused-ring (bicyclic) bond motifs is 1. The molecule has 0 aliphatic heterocycles. The van der Waals surface area contributed by atoms with E-state index >= 15 is 0 Å². The molecule has 0 saturated heterocycles. The molecule has 2 N–H and O–H groups in total. The van der Waals surface area contributed by atoms with Gasteiger partial charge in [-0.05, 0) is 18.2 Å². The first kappa shape index (κ1) is 7.10. The second-order valence-electron chi connectivity index (χ2n) is 2.88. The zero-order chi connectivity index (χ0) is 8.55. The van der Waals surface area contributed by atoms with Gasteiger partial charge in [-0.1, -0.05) is 6.07 Å². The van der Waals surface area contributed by atoms with Crippen LogP contribution in [-0.2, 0) is 0 Å². The summed E-state index contributed by atoms with van der Waals surface area (Å²) in [6.45, 7) is 1.96. The monoisotopic (exact) mass is 160 g/mol. The molecule has 2 aromatic rings. The summed E-state index contributed by atoms with van der Waals surface area (Å²) in [4.78, 5) is 3.11. The van der Waals surface area contributed by atoms with E-state index in [0.29, 0.717) is 5.75 Å². The molecule has 0 saturated carbocycles. The molecule has 0 aliphatic rings. The Kier molecular flexibility index (Phi) is 1.47. The Bertz CT molecular complexity index is 423. The lowest BCUT2D eigenvalue weighted by atomic mass is 10.2. The fourth-order valence-corrected chi connectivity index (χ4v) is 1.29. The first-order chi connectivity index (χ1) is 5.77. The number of hydrogen-bond acceptors (Lipinski definition) is 1. The van der Waals surface area contributed by atoms with Crippen LogP contribution < -0.4 is 4.98 Å². The molecule has 1 aromatic carbocycles. The smallest absolute Gasteiger partial charge is 0.253 e. The third-order valence-electron chi connectivity index (χ3n) is 1.91. The minimum absolute atomic E-state index is 0.302. The highest BCUT2D eigenvalue weighted by molar-refractivity contribution is 5.80. The molecular weight excluding hydrogens is 150 g/mol. The van der Waals surface area contributed by atoms with Crippen molar-refractivity contribution in [3.8, 4) is 5.75 Å². The van der Waals surface area contributed by atoms with E-state index in [9.17, 15) is 5.11 Å². The van der Waals surface area contributed by atoms with Crippen LogP contribution in [0.15, 0.2) is 30.3 Å². The number of aromatic hydroxyl groups is 1. The van der Waals surface area contributed by atoms with Gasteiger partial charge >= 0.3 is 0 Å². The van der Waals surface area contributed by atoms with Crippen LogP contribution in [0.4, 0.5) is 0 Å². The van der Waals surface area contributed by atoms with Crippen molar-refractivity contribution >= 4 is 10.9 Å². The summed E-state index contributed by atoms with van der Waals surface area (Å²) in [5, 5.41) is 10.5. The van der Waals surface area contributed by atoms with Gasteiger partial charge in [-0.2, -0.15) is 0 Å². The van der Waals surface area contributed by atoms with Crippen molar-refractivity contribution in [2.24, 2.45) is 0 Å². The highest BCUT2D eigenvalue weighted by atomic mass is 16.3. The number of benzene rings is 1. The highest BCUT2D eigenvalue weighted by Gasteiger charge is 2.05. The van der Waals surface area contributed by atoms with E-state index in [4.69, 9.17) is 0 Å². The SMILES string of the molecule is Cc1ccc2cccc(O)c2[nH+]1. The van der Waals surface area contributed by atoms with E-state index in [1.165, 1.54) is 0 Å². The summed E-state index contributed by atoms with van der Waals surface area (Å²) in [5.41, 5.74) is 1.85. The van der Waals surface area contributed by atoms with Gasteiger partial charge in [0.25, 0.3) is 5.52 Å². The van der Waals surface area contributed by atoms with Gasteiger partial charge in [0.1, 0.15) is 0 Å². The molecule has 2 nitrogen and oxygen atoms in total. The third kappa shape index (κ3) is 1.01. The van der Waals surface area contributed by atoms with E-state index in [1.54, 1.807) is 6.07 Å². The molecule has 1 aromatic heterocycles. The van der Waals surface area contributed by atoms with Crippen LogP contribution in [-0.4, -0.2) is 5.11 Å². The van der Waals surface area contributed by atoms with Gasteiger partial charge in [-0.3, -0.25) is 0 Å². The number of phenolic OH excluding ortho intramolecular Hbond substituents is 1. The van der Waals surface area contributed by atoms with Crippen LogP contribution in [0.1, 0.15) is 5.69 Å². The van der Waals surface area contributed by atoms with E-state index in [-0.39, 0.29) is 0 Å². The zero-order valence-corrected chi connectivity index (χ0v) is 6.83. The fraction of sp³-hybridized carbons (Fsp3) is 0.100. The van der Waals surface area contributed by atoms with Crippen molar-refractivity contribution in [1.82, 2.24) is 0 Å². The minimum atomic E-state index is 0.302. The van der Waals surface area contributed by atoms with Gasteiger partial charge in [0.2, 0.25) is 0 Å². The molecule has 0 fully saturated rings. The second-order valence-corrected chi connectivity index (χ2v) is 2.88. The number of pyridine rings is 1. The van der Waals surface area contributed by atoms with Gasteiger partial charge in [-0.15, -0.1) is 0 Å². The predicted octanol–water partition coefficient (Wildman–Crippen LogP) is 1.67. The van der Waals surface area contributed by atoms with Crippen molar-refractivity contribution in [2.45, 2.75) is 6.92 Å². The van der Waals surface area contributed by atoms with Crippen molar-refractivity contribution in [1.29, 1.82) is 0 Å². The average Bonchev–Trinajstić information content (AvgIpc) is 2.07. The van der Waals surface area contributed by atoms with Crippen molar-refractivity contribution in [3.05, 3.63) is 36.0 Å². The molecule has 0 amide bonds. The highest BCUT2D eigenvalue weighted by Crippen LogP contribution is 2.19. The number of aryl methyl sites for hydroxylation is 1. The summed E-state index contributed by atoms with van der Waals surface area (Å²) in [5.74, 6) is 0.302. The van der Waals surface area contributed by atoms with Crippen LogP contribution in [0, 0.1) is 6.92 Å². The molecule has 60 valence electrons. The van der Waals surface area contributed by atoms with Crippen molar-refractivity contribution < 1.29 is 10.1 Å². The van der Waals surface area contributed by atoms with E-state index in [2.05, 4.69) is 4.98 Å². The van der Waals surface area contributed by atoms with Crippen molar-refractivity contribution in [3.63, 3.8) is 0 Å². The summed E-state index contributed by atoms with van der Waals surface area (Å²) < 4.78 is 0. The Labute approximate surface area is 70.5 Å². The second kappa shape index (κ2) is 2.48. The molecule has 0 bridgehead atoms. The molecule has 1 heterocycles. The van der Waals surface area contributed by atoms with Gasteiger partial charge in [0.15, 0.2) is 11.4 Å². The summed E-state index contributed by atoms with van der Waals surface area (Å²) >= 11 is 0. The quantitative estimate of drug-likeness (QED) is 0.625. The van der Waals surface area contributed by atoms with E-state index in [1.807, 2.05) is 31.2 Å². The Hall–Kier alpha value is -1.57. The number of aromatic amines is 1. The Morgan fingerprint density at radius 2 is 2.00 bits per heavy atom. The molecular formula is C10H10NO+. The fourth-order valence-electron chi connectivity index (χ4n) is 1.29. The van der Waals surface area contributed by atoms with Gasteiger partial charge in [0, 0.05) is 13.0 Å². The van der Waals surface area contributed by atoms with E-state index < -0.39 is 0 Å². The summed E-state index contributed by atoms with van der Waals surface area (Å²) in [7, 11) is 0. The number of aromatic nitrogens is 1. The number of rotatable bonds is 0. The minimum Gasteiger partial charge on any atom is -0.502 e. The molecule has 2 rings (SSSR count). The maximum Gasteiger partial charge on any atom is 0.253 e. The van der Waals surface area contributed by atoms with E-state index in [0.717, 1.165) is 16.6 Å². The molecule has 0 radical (unpaired) electrons. The predicted molar refractivity (Wildman–Crippen MR) is 46.9 cm³/mol. The lowest BCUT2D eigenvalue weighted by molar-refractivity contribution is -0.355. The largest absolute Gasteiger partial charge is 0.502 e. The first-order valence-electron chi connectivity index (χ1n) is 3.88. The molecule has 12 heavy (non-hydrogen) atoms. The average molecular weight is 160 g/mol. The molecule has 0 unspecified atom stereocenters. The van der Waals surface area contributed by atoms with Crippen molar-refractivity contribution in [2.75, 3.05) is 0 Å². The van der Waals surface area contributed by atoms with Crippen LogP contribution in [0.5, 0.6) is 5.75 Å². The molecule has 0 spiro atoms. The standard InChI is InChI=1S/C10H9NO/c1-7-5-6-8-3-2-4-9(12)10(8)11-7/h2-6,12H,1H3/p+1. The lowest BCUT2D eigenvalue weighted by Gasteiger charge is -1.94. The Morgan fingerprint density at radius 1 is 1.17 bits per heavy atom. The number of nitrogens with one attached hydrogen (secondary N) is 1. The van der Waals surface area contributed by atoms with Gasteiger partial charge in [0.05, 0.1) is 5.39 Å². The molecule has 0 aliphatic carbocycles. The van der Waals surface area contributed by atoms with Crippen LogP contribution in [0.2, 0.25) is 0 Å². The zero-order valence-electron chi connectivity index (χ0n) is 6.83. The van der Waals surface area contributed by atoms with Gasteiger partial charge < -0.3 is 5.11 Å². The van der Waals surface area contributed by atoms with Crippen LogP contribution in [0.3, 0.4) is 0 Å². The molecule has 2 heteroatoms. The maximum absolute atomic E-state index is 9.46. The number of phenols is 1.